The van der Waals surface area contributed by atoms with Crippen molar-refractivity contribution in [2.45, 2.75) is 66.4 Å². The van der Waals surface area contributed by atoms with E-state index in [1.54, 1.807) is 0 Å². The van der Waals surface area contributed by atoms with Crippen LogP contribution < -0.4 is 0 Å². The summed E-state index contributed by atoms with van der Waals surface area (Å²) < 4.78 is 21.9. The topological polar surface area (TPSA) is 115 Å². The highest BCUT2D eigenvalue weighted by Gasteiger charge is 2.14. The molecule has 0 aliphatic heterocycles. The summed E-state index contributed by atoms with van der Waals surface area (Å²) in [5, 5.41) is 16.0. The lowest BCUT2D eigenvalue weighted by Crippen LogP contribution is -2.03. The fourth-order valence-electron chi connectivity index (χ4n) is 1.62. The van der Waals surface area contributed by atoms with Crippen molar-refractivity contribution in [2.24, 2.45) is 0 Å². The number of aliphatic hydroxyl groups is 2. The summed E-state index contributed by atoms with van der Waals surface area (Å²) in [4.78, 5) is 18.1. The van der Waals surface area contributed by atoms with Crippen LogP contribution in [0, 0.1) is 0 Å². The maximum Gasteiger partial charge on any atom is 0.200 e. The third kappa shape index (κ3) is 27.4. The zero-order valence-electron chi connectivity index (χ0n) is 15.4. The molecule has 0 amide bonds. The maximum atomic E-state index is 11.0. The van der Waals surface area contributed by atoms with E-state index in [2.05, 4.69) is 0 Å². The minimum absolute atomic E-state index is 0.139. The molecule has 0 aromatic rings. The second-order valence-corrected chi connectivity index (χ2v) is 10.8. The van der Waals surface area contributed by atoms with Gasteiger partial charge < -0.3 is 20.0 Å². The number of rotatable bonds is 9. The van der Waals surface area contributed by atoms with Gasteiger partial charge in [0.05, 0.1) is 12.7 Å². The lowest BCUT2D eigenvalue weighted by Gasteiger charge is -2.06. The maximum absolute atomic E-state index is 11.0. The third-order valence-corrected chi connectivity index (χ3v) is 7.14. The van der Waals surface area contributed by atoms with E-state index in [1.807, 2.05) is 27.7 Å². The van der Waals surface area contributed by atoms with Crippen molar-refractivity contribution in [1.29, 1.82) is 0 Å². The van der Waals surface area contributed by atoms with Crippen LogP contribution in [0.1, 0.15) is 60.3 Å². The van der Waals surface area contributed by atoms with E-state index in [0.29, 0.717) is 24.6 Å². The SMILES string of the molecule is CC(O)CO.CCCP(=O)(O)CCC.CCCP(=O)(O)CCC. The van der Waals surface area contributed by atoms with E-state index in [4.69, 9.17) is 20.0 Å². The van der Waals surface area contributed by atoms with Gasteiger partial charge in [-0.2, -0.15) is 0 Å². The van der Waals surface area contributed by atoms with Crippen molar-refractivity contribution in [1.82, 2.24) is 0 Å². The summed E-state index contributed by atoms with van der Waals surface area (Å²) in [5.41, 5.74) is 0. The van der Waals surface area contributed by atoms with Gasteiger partial charge in [-0.25, -0.2) is 0 Å². The van der Waals surface area contributed by atoms with E-state index >= 15 is 0 Å². The molecule has 0 bridgehead atoms. The van der Waals surface area contributed by atoms with Gasteiger partial charge in [0, 0.05) is 24.6 Å². The Morgan fingerprint density at radius 2 is 0.913 bits per heavy atom. The highest BCUT2D eigenvalue weighted by atomic mass is 31.2. The van der Waals surface area contributed by atoms with Gasteiger partial charge in [-0.15, -0.1) is 0 Å². The molecular weight excluding hydrogens is 338 g/mol. The molecule has 0 spiro atoms. The minimum Gasteiger partial charge on any atom is -0.394 e. The van der Waals surface area contributed by atoms with Gasteiger partial charge in [-0.1, -0.05) is 27.7 Å². The van der Waals surface area contributed by atoms with Crippen molar-refractivity contribution >= 4 is 14.7 Å². The normalized spacial score (nSPS) is 12.6. The summed E-state index contributed by atoms with van der Waals surface area (Å²) >= 11 is 0. The van der Waals surface area contributed by atoms with Gasteiger partial charge in [0.1, 0.15) is 0 Å². The van der Waals surface area contributed by atoms with Crippen molar-refractivity contribution in [2.75, 3.05) is 31.3 Å². The molecule has 0 aromatic heterocycles. The largest absolute Gasteiger partial charge is 0.394 e. The predicted octanol–water partition coefficient (Wildman–Crippen LogP) is 3.51. The average Bonchev–Trinajstić information content (AvgIpc) is 2.39. The van der Waals surface area contributed by atoms with Crippen LogP contribution in [-0.2, 0) is 9.13 Å². The monoisotopic (exact) mass is 376 g/mol. The first-order chi connectivity index (χ1) is 10.5. The molecule has 0 radical (unpaired) electrons. The molecule has 0 heterocycles. The van der Waals surface area contributed by atoms with Crippen LogP contribution in [0.2, 0.25) is 0 Å². The molecule has 144 valence electrons. The lowest BCUT2D eigenvalue weighted by molar-refractivity contribution is 0.110. The molecule has 4 N–H and O–H groups in total. The van der Waals surface area contributed by atoms with Gasteiger partial charge in [-0.3, -0.25) is 9.13 Å². The van der Waals surface area contributed by atoms with Gasteiger partial charge in [0.25, 0.3) is 0 Å². The second kappa shape index (κ2) is 17.1. The smallest absolute Gasteiger partial charge is 0.200 e. The van der Waals surface area contributed by atoms with Crippen LogP contribution in [-0.4, -0.2) is 57.4 Å². The van der Waals surface area contributed by atoms with E-state index in [1.165, 1.54) is 6.92 Å². The van der Waals surface area contributed by atoms with Gasteiger partial charge in [0.2, 0.25) is 14.7 Å². The van der Waals surface area contributed by atoms with Crippen LogP contribution in [0.4, 0.5) is 0 Å². The summed E-state index contributed by atoms with van der Waals surface area (Å²) in [5.74, 6) is 0. The fourth-order valence-corrected chi connectivity index (χ4v) is 4.86. The number of hydrogen-bond donors (Lipinski definition) is 4. The Morgan fingerprint density at radius 3 is 1.00 bits per heavy atom. The fraction of sp³-hybridized carbons (Fsp3) is 1.00. The Kier molecular flexibility index (Phi) is 20.9. The van der Waals surface area contributed by atoms with E-state index in [0.717, 1.165) is 25.7 Å². The van der Waals surface area contributed by atoms with E-state index in [-0.39, 0.29) is 6.61 Å². The number of hydrogen-bond acceptors (Lipinski definition) is 4. The Bertz CT molecular complexity index is 286. The Morgan fingerprint density at radius 1 is 0.739 bits per heavy atom. The van der Waals surface area contributed by atoms with Crippen molar-refractivity contribution in [3.63, 3.8) is 0 Å². The molecule has 6 nitrogen and oxygen atoms in total. The lowest BCUT2D eigenvalue weighted by atomic mass is 10.5. The summed E-state index contributed by atoms with van der Waals surface area (Å²) in [6.45, 7) is 9.11. The first-order valence-electron chi connectivity index (χ1n) is 8.42. The molecule has 23 heavy (non-hydrogen) atoms. The molecule has 8 heteroatoms. The van der Waals surface area contributed by atoms with Crippen LogP contribution in [0.5, 0.6) is 0 Å². The van der Waals surface area contributed by atoms with Crippen molar-refractivity contribution < 1.29 is 29.1 Å². The van der Waals surface area contributed by atoms with Gasteiger partial charge in [-0.05, 0) is 32.6 Å². The average molecular weight is 376 g/mol. The third-order valence-electron chi connectivity index (χ3n) is 2.56. The summed E-state index contributed by atoms with van der Waals surface area (Å²) in [6, 6.07) is 0. The van der Waals surface area contributed by atoms with Crippen molar-refractivity contribution in [3.05, 3.63) is 0 Å². The highest BCUT2D eigenvalue weighted by molar-refractivity contribution is 7.58. The quantitative estimate of drug-likeness (QED) is 0.458. The highest BCUT2D eigenvalue weighted by Crippen LogP contribution is 2.41. The molecular formula is C15H38O6P2. The molecule has 0 aromatic carbocycles. The Hall–Kier alpha value is 0.300. The zero-order chi connectivity index (χ0) is 18.9. The van der Waals surface area contributed by atoms with Crippen LogP contribution in [0.25, 0.3) is 0 Å². The van der Waals surface area contributed by atoms with Crippen LogP contribution in [0.3, 0.4) is 0 Å². The minimum atomic E-state index is -2.69. The number of aliphatic hydroxyl groups excluding tert-OH is 2. The first-order valence-corrected chi connectivity index (χ1v) is 12.5. The first kappa shape index (κ1) is 28.1. The Labute approximate surface area is 142 Å². The molecule has 0 saturated carbocycles. The molecule has 1 unspecified atom stereocenters. The summed E-state index contributed by atoms with van der Waals surface area (Å²) in [6.07, 6.45) is 4.64. The van der Waals surface area contributed by atoms with Crippen LogP contribution in [0.15, 0.2) is 0 Å². The Balaban J connectivity index is -0.000000273. The van der Waals surface area contributed by atoms with Crippen LogP contribution >= 0.6 is 14.7 Å². The molecule has 0 aliphatic carbocycles. The molecule has 0 rings (SSSR count). The molecule has 0 saturated heterocycles. The molecule has 0 fully saturated rings. The molecule has 0 aliphatic rings. The van der Waals surface area contributed by atoms with Crippen molar-refractivity contribution in [3.8, 4) is 0 Å². The standard InChI is InChI=1S/2C6H15O2P.C3H8O2/c2*1-3-5-9(7,8)6-4-2;1-3(5)2-4/h2*3-6H2,1-2H3,(H,7,8);3-5H,2H2,1H3. The molecule has 1 atom stereocenters. The van der Waals surface area contributed by atoms with E-state index in [9.17, 15) is 9.13 Å². The predicted molar refractivity (Wildman–Crippen MR) is 99.0 cm³/mol. The van der Waals surface area contributed by atoms with Gasteiger partial charge in [0.15, 0.2) is 0 Å². The summed E-state index contributed by atoms with van der Waals surface area (Å²) in [7, 11) is -5.39. The van der Waals surface area contributed by atoms with E-state index < -0.39 is 20.8 Å². The van der Waals surface area contributed by atoms with Gasteiger partial charge >= 0.3 is 0 Å². The second-order valence-electron chi connectivity index (χ2n) is 5.62. The zero-order valence-corrected chi connectivity index (χ0v) is 17.2.